The number of piperazine rings is 1. The second kappa shape index (κ2) is 9.19. The van der Waals surface area contributed by atoms with E-state index in [1.165, 1.54) is 28.2 Å². The Morgan fingerprint density at radius 1 is 0.879 bits per heavy atom. The van der Waals surface area contributed by atoms with Gasteiger partial charge in [0.15, 0.2) is 16.7 Å². The first-order chi connectivity index (χ1) is 16.2. The van der Waals surface area contributed by atoms with E-state index in [0.29, 0.717) is 16.4 Å². The van der Waals surface area contributed by atoms with Gasteiger partial charge < -0.3 is 19.3 Å². The summed E-state index contributed by atoms with van der Waals surface area (Å²) in [6.07, 6.45) is 1.86. The molecular weight excluding hydrogens is 434 g/mol. The van der Waals surface area contributed by atoms with Gasteiger partial charge in [-0.25, -0.2) is 0 Å². The van der Waals surface area contributed by atoms with Crippen molar-refractivity contribution >= 4 is 45.4 Å². The van der Waals surface area contributed by atoms with Crippen molar-refractivity contribution in [1.82, 2.24) is 4.90 Å². The zero-order valence-corrected chi connectivity index (χ0v) is 19.5. The summed E-state index contributed by atoms with van der Waals surface area (Å²) in [5.74, 6) is 1.10. The quantitative estimate of drug-likeness (QED) is 0.530. The molecule has 0 N–H and O–H groups in total. The molecule has 5 rings (SSSR count). The number of carbonyl (C=O) groups is 1. The van der Waals surface area contributed by atoms with Crippen LogP contribution in [0.1, 0.15) is 5.56 Å². The van der Waals surface area contributed by atoms with E-state index in [0.717, 1.165) is 36.9 Å². The molecule has 0 bridgehead atoms. The van der Waals surface area contributed by atoms with Crippen LogP contribution in [0.25, 0.3) is 16.8 Å². The number of rotatable bonds is 4. The largest absolute Gasteiger partial charge is 0.493 e. The fourth-order valence-electron chi connectivity index (χ4n) is 4.25. The summed E-state index contributed by atoms with van der Waals surface area (Å²) < 4.78 is 10.7. The minimum absolute atomic E-state index is 0.193. The fourth-order valence-corrected chi connectivity index (χ4v) is 5.21. The van der Waals surface area contributed by atoms with Gasteiger partial charge in [-0.3, -0.25) is 4.79 Å². The SMILES string of the molecule is COc1ccc(/C=C2/SC(N3CCN(c4cccc5ccccc45)CC3)=NC2=O)cc1OC. The molecule has 0 saturated carbocycles. The van der Waals surface area contributed by atoms with E-state index in [1.54, 1.807) is 14.2 Å². The molecule has 0 atom stereocenters. The highest BCUT2D eigenvalue weighted by Gasteiger charge is 2.29. The lowest BCUT2D eigenvalue weighted by Gasteiger charge is -2.37. The maximum Gasteiger partial charge on any atom is 0.286 e. The highest BCUT2D eigenvalue weighted by atomic mass is 32.2. The topological polar surface area (TPSA) is 54.4 Å². The minimum Gasteiger partial charge on any atom is -0.493 e. The van der Waals surface area contributed by atoms with Crippen molar-refractivity contribution in [3.05, 3.63) is 71.1 Å². The van der Waals surface area contributed by atoms with Gasteiger partial charge >= 0.3 is 0 Å². The zero-order valence-electron chi connectivity index (χ0n) is 18.7. The molecule has 33 heavy (non-hydrogen) atoms. The van der Waals surface area contributed by atoms with E-state index in [9.17, 15) is 4.79 Å². The molecule has 2 aliphatic rings. The number of fused-ring (bicyclic) bond motifs is 1. The Bertz CT molecular complexity index is 1260. The standard InChI is InChI=1S/C26H25N3O3S/c1-31-22-11-10-18(16-23(22)32-2)17-24-25(30)27-26(33-24)29-14-12-28(13-15-29)21-9-5-7-19-6-3-4-8-20(19)21/h3-11,16-17H,12-15H2,1-2H3/b24-17+. The van der Waals surface area contributed by atoms with E-state index in [2.05, 4.69) is 57.3 Å². The first-order valence-corrected chi connectivity index (χ1v) is 11.7. The smallest absolute Gasteiger partial charge is 0.286 e. The molecule has 0 unspecified atom stereocenters. The van der Waals surface area contributed by atoms with Crippen LogP contribution in [-0.2, 0) is 4.79 Å². The third-order valence-corrected chi connectivity index (χ3v) is 7.02. The van der Waals surface area contributed by atoms with Gasteiger partial charge in [0, 0.05) is 37.3 Å². The lowest BCUT2D eigenvalue weighted by Crippen LogP contribution is -2.47. The van der Waals surface area contributed by atoms with Gasteiger partial charge in [0.25, 0.3) is 5.91 Å². The Hall–Kier alpha value is -3.45. The van der Waals surface area contributed by atoms with Crippen LogP contribution >= 0.6 is 11.8 Å². The van der Waals surface area contributed by atoms with Gasteiger partial charge in [-0.2, -0.15) is 4.99 Å². The number of hydrogen-bond acceptors (Lipinski definition) is 6. The molecule has 2 aliphatic heterocycles. The Morgan fingerprint density at radius 2 is 1.61 bits per heavy atom. The number of thioether (sulfide) groups is 1. The van der Waals surface area contributed by atoms with Crippen LogP contribution in [0.4, 0.5) is 5.69 Å². The molecular formula is C26H25N3O3S. The highest BCUT2D eigenvalue weighted by molar-refractivity contribution is 8.18. The number of benzene rings is 3. The second-order valence-corrected chi connectivity index (χ2v) is 8.91. The van der Waals surface area contributed by atoms with Crippen molar-refractivity contribution in [3.63, 3.8) is 0 Å². The van der Waals surface area contributed by atoms with Gasteiger partial charge in [0.05, 0.1) is 19.1 Å². The number of methoxy groups -OCH3 is 2. The first-order valence-electron chi connectivity index (χ1n) is 10.9. The van der Waals surface area contributed by atoms with Crippen molar-refractivity contribution < 1.29 is 14.3 Å². The first kappa shape index (κ1) is 21.4. The van der Waals surface area contributed by atoms with Crippen LogP contribution in [0.2, 0.25) is 0 Å². The van der Waals surface area contributed by atoms with Gasteiger partial charge in [0.1, 0.15) is 0 Å². The molecule has 1 amide bonds. The number of anilines is 1. The number of aliphatic imine (C=N–C) groups is 1. The maximum absolute atomic E-state index is 12.6. The third-order valence-electron chi connectivity index (χ3n) is 5.97. The fraction of sp³-hybridized carbons (Fsp3) is 0.231. The number of hydrogen-bond donors (Lipinski definition) is 0. The van der Waals surface area contributed by atoms with Crippen molar-refractivity contribution in [2.75, 3.05) is 45.3 Å². The predicted molar refractivity (Wildman–Crippen MR) is 135 cm³/mol. The summed E-state index contributed by atoms with van der Waals surface area (Å²) in [4.78, 5) is 22.2. The van der Waals surface area contributed by atoms with Gasteiger partial charge in [0.2, 0.25) is 0 Å². The molecule has 7 heteroatoms. The Morgan fingerprint density at radius 3 is 2.39 bits per heavy atom. The molecule has 0 aromatic heterocycles. The van der Waals surface area contributed by atoms with Crippen molar-refractivity contribution in [3.8, 4) is 11.5 Å². The van der Waals surface area contributed by atoms with Crippen LogP contribution in [-0.4, -0.2) is 56.4 Å². The van der Waals surface area contributed by atoms with E-state index >= 15 is 0 Å². The number of carbonyl (C=O) groups excluding carboxylic acids is 1. The number of amides is 1. The average Bonchev–Trinajstić information content (AvgIpc) is 3.23. The van der Waals surface area contributed by atoms with Crippen LogP contribution in [0, 0.1) is 0 Å². The van der Waals surface area contributed by atoms with E-state index in [1.807, 2.05) is 24.3 Å². The third kappa shape index (κ3) is 4.28. The van der Waals surface area contributed by atoms with Crippen molar-refractivity contribution in [2.24, 2.45) is 4.99 Å². The molecule has 3 aromatic rings. The maximum atomic E-state index is 12.6. The molecule has 3 aromatic carbocycles. The molecule has 6 nitrogen and oxygen atoms in total. The van der Waals surface area contributed by atoms with Gasteiger partial charge in [-0.15, -0.1) is 0 Å². The molecule has 0 aliphatic carbocycles. The van der Waals surface area contributed by atoms with Crippen LogP contribution < -0.4 is 14.4 Å². The van der Waals surface area contributed by atoms with Crippen molar-refractivity contribution in [1.29, 1.82) is 0 Å². The molecule has 0 radical (unpaired) electrons. The summed E-state index contributed by atoms with van der Waals surface area (Å²) in [5, 5.41) is 3.31. The Labute approximate surface area is 197 Å². The lowest BCUT2D eigenvalue weighted by molar-refractivity contribution is -0.113. The molecule has 168 valence electrons. The minimum atomic E-state index is -0.193. The normalized spacial score (nSPS) is 17.6. The van der Waals surface area contributed by atoms with Gasteiger partial charge in [-0.05, 0) is 47.0 Å². The highest BCUT2D eigenvalue weighted by Crippen LogP contribution is 2.34. The molecule has 1 fully saturated rings. The number of ether oxygens (including phenoxy) is 2. The second-order valence-electron chi connectivity index (χ2n) is 7.90. The number of amidine groups is 1. The summed E-state index contributed by atoms with van der Waals surface area (Å²) >= 11 is 1.44. The van der Waals surface area contributed by atoms with E-state index in [-0.39, 0.29) is 5.91 Å². The van der Waals surface area contributed by atoms with Crippen LogP contribution in [0.3, 0.4) is 0 Å². The van der Waals surface area contributed by atoms with E-state index < -0.39 is 0 Å². The van der Waals surface area contributed by atoms with Crippen LogP contribution in [0.5, 0.6) is 11.5 Å². The Kier molecular flexibility index (Phi) is 5.96. The summed E-state index contributed by atoms with van der Waals surface area (Å²) in [5.41, 5.74) is 2.14. The summed E-state index contributed by atoms with van der Waals surface area (Å²) in [6.45, 7) is 3.42. The summed E-state index contributed by atoms with van der Waals surface area (Å²) in [6, 6.07) is 20.5. The monoisotopic (exact) mass is 459 g/mol. The average molecular weight is 460 g/mol. The number of nitrogens with zero attached hydrogens (tertiary/aromatic N) is 3. The lowest BCUT2D eigenvalue weighted by atomic mass is 10.1. The Balaban J connectivity index is 1.27. The molecule has 0 spiro atoms. The van der Waals surface area contributed by atoms with Crippen LogP contribution in [0.15, 0.2) is 70.6 Å². The van der Waals surface area contributed by atoms with Crippen molar-refractivity contribution in [2.45, 2.75) is 0 Å². The molecule has 2 heterocycles. The zero-order chi connectivity index (χ0) is 22.8. The summed E-state index contributed by atoms with van der Waals surface area (Å²) in [7, 11) is 3.20. The van der Waals surface area contributed by atoms with E-state index in [4.69, 9.17) is 9.47 Å². The molecule has 1 saturated heterocycles. The predicted octanol–water partition coefficient (Wildman–Crippen LogP) is 4.65. The van der Waals surface area contributed by atoms with Gasteiger partial charge in [-0.1, -0.05) is 42.5 Å².